The van der Waals surface area contributed by atoms with Crippen molar-refractivity contribution < 1.29 is 4.74 Å². The van der Waals surface area contributed by atoms with Gasteiger partial charge in [0, 0.05) is 23.4 Å². The van der Waals surface area contributed by atoms with Gasteiger partial charge in [-0.2, -0.15) is 5.26 Å². The molecule has 0 bridgehead atoms. The fourth-order valence-electron chi connectivity index (χ4n) is 3.94. The van der Waals surface area contributed by atoms with E-state index in [2.05, 4.69) is 23.1 Å². The first-order valence-corrected chi connectivity index (χ1v) is 11.8. The number of hydrogen-bond acceptors (Lipinski definition) is 5. The van der Waals surface area contributed by atoms with Crippen LogP contribution >= 0.6 is 11.8 Å². The summed E-state index contributed by atoms with van der Waals surface area (Å²) >= 11 is 1.69. The topological polar surface area (TPSA) is 49.1 Å². The highest BCUT2D eigenvalue weighted by molar-refractivity contribution is 7.99. The van der Waals surface area contributed by atoms with Gasteiger partial charge in [0.2, 0.25) is 0 Å². The van der Waals surface area contributed by atoms with Crippen LogP contribution in [0.1, 0.15) is 24.8 Å². The fourth-order valence-corrected chi connectivity index (χ4v) is 4.95. The first-order chi connectivity index (χ1) is 15.3. The van der Waals surface area contributed by atoms with Crippen molar-refractivity contribution in [3.63, 3.8) is 0 Å². The molecule has 0 spiro atoms. The van der Waals surface area contributed by atoms with Crippen LogP contribution in [0.15, 0.2) is 65.7 Å². The zero-order chi connectivity index (χ0) is 21.5. The Balaban J connectivity index is 1.68. The molecule has 31 heavy (non-hydrogen) atoms. The molecule has 3 aromatic rings. The van der Waals surface area contributed by atoms with Crippen molar-refractivity contribution in [2.24, 2.45) is 0 Å². The number of piperidine rings is 1. The predicted octanol–water partition coefficient (Wildman–Crippen LogP) is 5.87. The molecule has 0 amide bonds. The molecule has 4 rings (SSSR count). The van der Waals surface area contributed by atoms with Gasteiger partial charge in [-0.15, -0.1) is 11.8 Å². The third-order valence-corrected chi connectivity index (χ3v) is 6.62. The third-order valence-electron chi connectivity index (χ3n) is 5.66. The minimum Gasteiger partial charge on any atom is -0.497 e. The van der Waals surface area contributed by atoms with Crippen LogP contribution < -0.4 is 4.74 Å². The molecule has 1 aliphatic heterocycles. The Hall–Kier alpha value is -2.81. The maximum atomic E-state index is 10.0. The number of thioether (sulfide) groups is 1. The number of ether oxygens (including phenoxy) is 1. The molecule has 1 aliphatic rings. The average molecular weight is 430 g/mol. The standard InChI is InChI=1S/C26H27N3OS/c1-30-22-12-10-20(11-13-22)23-18-25(21-8-4-2-5-9-21)28-26(24(23)19-27)31-17-16-29-14-6-3-7-15-29/h2,4-5,8-13,18H,3,6-7,14-17H2,1H3. The second-order valence-electron chi connectivity index (χ2n) is 7.69. The normalized spacial score (nSPS) is 14.2. The largest absolute Gasteiger partial charge is 0.497 e. The van der Waals surface area contributed by atoms with Crippen LogP contribution in [-0.2, 0) is 0 Å². The Bertz CT molecular complexity index is 1040. The molecule has 158 valence electrons. The summed E-state index contributed by atoms with van der Waals surface area (Å²) in [6.07, 6.45) is 3.92. The van der Waals surface area contributed by atoms with Gasteiger partial charge >= 0.3 is 0 Å². The van der Waals surface area contributed by atoms with Gasteiger partial charge < -0.3 is 9.64 Å². The molecule has 2 aromatic carbocycles. The molecule has 4 nitrogen and oxygen atoms in total. The van der Waals surface area contributed by atoms with Crippen LogP contribution in [0.2, 0.25) is 0 Å². The Morgan fingerprint density at radius 2 is 1.74 bits per heavy atom. The molecular weight excluding hydrogens is 402 g/mol. The van der Waals surface area contributed by atoms with Crippen LogP contribution in [0.4, 0.5) is 0 Å². The van der Waals surface area contributed by atoms with Crippen molar-refractivity contribution in [3.05, 3.63) is 66.2 Å². The molecule has 1 aromatic heterocycles. The first-order valence-electron chi connectivity index (χ1n) is 10.8. The molecular formula is C26H27N3OS. The van der Waals surface area contributed by atoms with Gasteiger partial charge in [0.25, 0.3) is 0 Å². The maximum Gasteiger partial charge on any atom is 0.118 e. The van der Waals surface area contributed by atoms with Crippen LogP contribution in [0.3, 0.4) is 0 Å². The third kappa shape index (κ3) is 5.28. The van der Waals surface area contributed by atoms with E-state index >= 15 is 0 Å². The van der Waals surface area contributed by atoms with Crippen LogP contribution in [0, 0.1) is 11.3 Å². The predicted molar refractivity (Wildman–Crippen MR) is 127 cm³/mol. The van der Waals surface area contributed by atoms with E-state index in [-0.39, 0.29) is 0 Å². The summed E-state index contributed by atoms with van der Waals surface area (Å²) in [5.74, 6) is 1.73. The number of aromatic nitrogens is 1. The number of nitriles is 1. The van der Waals surface area contributed by atoms with Crippen molar-refractivity contribution in [3.8, 4) is 34.2 Å². The summed E-state index contributed by atoms with van der Waals surface area (Å²) in [7, 11) is 1.66. The lowest BCUT2D eigenvalue weighted by Crippen LogP contribution is -2.31. The molecule has 1 saturated heterocycles. The monoisotopic (exact) mass is 429 g/mol. The van der Waals surface area contributed by atoms with Crippen molar-refractivity contribution >= 4 is 11.8 Å². The number of pyridine rings is 1. The number of likely N-dealkylation sites (tertiary alicyclic amines) is 1. The summed E-state index contributed by atoms with van der Waals surface area (Å²) in [6.45, 7) is 3.39. The van der Waals surface area contributed by atoms with Crippen LogP contribution in [-0.4, -0.2) is 42.4 Å². The second-order valence-corrected chi connectivity index (χ2v) is 8.78. The van der Waals surface area contributed by atoms with Crippen molar-refractivity contribution in [2.75, 3.05) is 32.5 Å². The summed E-state index contributed by atoms with van der Waals surface area (Å²) in [4.78, 5) is 7.44. The molecule has 1 fully saturated rings. The van der Waals surface area contributed by atoms with E-state index in [4.69, 9.17) is 9.72 Å². The van der Waals surface area contributed by atoms with Crippen molar-refractivity contribution in [1.29, 1.82) is 5.26 Å². The number of hydrogen-bond donors (Lipinski definition) is 0. The smallest absolute Gasteiger partial charge is 0.118 e. The number of nitrogens with zero attached hydrogens (tertiary/aromatic N) is 3. The molecule has 0 radical (unpaired) electrons. The van der Waals surface area contributed by atoms with Gasteiger partial charge in [-0.05, 0) is 49.7 Å². The Labute approximate surface area is 188 Å². The van der Waals surface area contributed by atoms with E-state index in [1.807, 2.05) is 48.5 Å². The minimum absolute atomic E-state index is 0.647. The quantitative estimate of drug-likeness (QED) is 0.439. The Morgan fingerprint density at radius 1 is 1.00 bits per heavy atom. The van der Waals surface area contributed by atoms with Gasteiger partial charge in [0.1, 0.15) is 16.8 Å². The molecule has 5 heteroatoms. The van der Waals surface area contributed by atoms with Gasteiger partial charge in [-0.3, -0.25) is 0 Å². The summed E-state index contributed by atoms with van der Waals surface area (Å²) in [5, 5.41) is 10.8. The number of methoxy groups -OCH3 is 1. The second kappa shape index (κ2) is 10.5. The fraction of sp³-hybridized carbons (Fsp3) is 0.308. The lowest BCUT2D eigenvalue weighted by atomic mass is 9.99. The highest BCUT2D eigenvalue weighted by Gasteiger charge is 2.17. The van der Waals surface area contributed by atoms with E-state index < -0.39 is 0 Å². The molecule has 0 atom stereocenters. The number of benzene rings is 2. The molecule has 0 unspecified atom stereocenters. The van der Waals surface area contributed by atoms with Crippen LogP contribution in [0.25, 0.3) is 22.4 Å². The van der Waals surface area contributed by atoms with Crippen LogP contribution in [0.5, 0.6) is 5.75 Å². The van der Waals surface area contributed by atoms with E-state index in [0.29, 0.717) is 5.56 Å². The van der Waals surface area contributed by atoms with E-state index in [1.54, 1.807) is 18.9 Å². The zero-order valence-corrected chi connectivity index (χ0v) is 18.7. The molecule has 0 aliphatic carbocycles. The number of rotatable bonds is 7. The maximum absolute atomic E-state index is 10.0. The summed E-state index contributed by atoms with van der Waals surface area (Å²) < 4.78 is 5.30. The van der Waals surface area contributed by atoms with Crippen molar-refractivity contribution in [2.45, 2.75) is 24.3 Å². The Morgan fingerprint density at radius 3 is 2.42 bits per heavy atom. The molecule has 0 saturated carbocycles. The van der Waals surface area contributed by atoms with Gasteiger partial charge in [0.05, 0.1) is 18.4 Å². The minimum atomic E-state index is 0.647. The van der Waals surface area contributed by atoms with E-state index in [0.717, 1.165) is 45.5 Å². The summed E-state index contributed by atoms with van der Waals surface area (Å²) in [6, 6.07) is 22.5. The van der Waals surface area contributed by atoms with E-state index in [9.17, 15) is 5.26 Å². The first kappa shape index (κ1) is 21.4. The highest BCUT2D eigenvalue weighted by atomic mass is 32.2. The lowest BCUT2D eigenvalue weighted by Gasteiger charge is -2.26. The SMILES string of the molecule is COc1ccc(-c2cc(-c3ccccc3)nc(SCCN3CCCCC3)c2C#N)cc1. The van der Waals surface area contributed by atoms with Crippen molar-refractivity contribution in [1.82, 2.24) is 9.88 Å². The average Bonchev–Trinajstić information content (AvgIpc) is 2.85. The summed E-state index contributed by atoms with van der Waals surface area (Å²) in [5.41, 5.74) is 4.51. The van der Waals surface area contributed by atoms with Gasteiger partial charge in [-0.25, -0.2) is 4.98 Å². The molecule has 2 heterocycles. The van der Waals surface area contributed by atoms with Gasteiger partial charge in [-0.1, -0.05) is 48.9 Å². The molecule has 0 N–H and O–H groups in total. The van der Waals surface area contributed by atoms with E-state index in [1.165, 1.54) is 32.4 Å². The zero-order valence-electron chi connectivity index (χ0n) is 17.9. The highest BCUT2D eigenvalue weighted by Crippen LogP contribution is 2.35. The Kier molecular flexibility index (Phi) is 7.24. The van der Waals surface area contributed by atoms with Gasteiger partial charge in [0.15, 0.2) is 0 Å². The lowest BCUT2D eigenvalue weighted by molar-refractivity contribution is 0.242.